The molecule has 1 saturated heterocycles. The molecule has 1 aliphatic heterocycles. The van der Waals surface area contributed by atoms with Crippen LogP contribution in [0.2, 0.25) is 0 Å². The van der Waals surface area contributed by atoms with E-state index in [9.17, 15) is 14.4 Å². The lowest BCUT2D eigenvalue weighted by molar-refractivity contribution is -0.161. The molecule has 1 aliphatic rings. The Labute approximate surface area is 137 Å². The van der Waals surface area contributed by atoms with Crippen LogP contribution >= 0.6 is 0 Å². The first-order valence-electron chi connectivity index (χ1n) is 7.81. The van der Waals surface area contributed by atoms with E-state index in [-0.39, 0.29) is 12.3 Å². The highest BCUT2D eigenvalue weighted by Crippen LogP contribution is 2.30. The van der Waals surface area contributed by atoms with Crippen molar-refractivity contribution in [2.24, 2.45) is 11.7 Å². The average molecular weight is 328 g/mol. The number of likely N-dealkylation sites (tertiary alicyclic amines) is 1. The van der Waals surface area contributed by atoms with E-state index in [0.29, 0.717) is 13.0 Å². The molecule has 0 aliphatic carbocycles. The first-order chi connectivity index (χ1) is 10.3. The molecule has 7 heteroatoms. The number of hydrogen-bond acceptors (Lipinski definition) is 5. The van der Waals surface area contributed by atoms with Crippen LogP contribution in [0.4, 0.5) is 4.79 Å². The van der Waals surface area contributed by atoms with Crippen molar-refractivity contribution in [1.82, 2.24) is 4.90 Å². The highest BCUT2D eigenvalue weighted by molar-refractivity contribution is 5.84. The van der Waals surface area contributed by atoms with E-state index in [1.807, 2.05) is 0 Å². The van der Waals surface area contributed by atoms with E-state index in [1.165, 1.54) is 4.90 Å². The average Bonchev–Trinajstić information content (AvgIpc) is 2.66. The number of hydrogen-bond donors (Lipinski definition) is 1. The van der Waals surface area contributed by atoms with Crippen LogP contribution < -0.4 is 5.73 Å². The van der Waals surface area contributed by atoms with E-state index < -0.39 is 35.2 Å². The minimum Gasteiger partial charge on any atom is -0.458 e. The van der Waals surface area contributed by atoms with Crippen LogP contribution in [0.5, 0.6) is 0 Å². The molecule has 132 valence electrons. The summed E-state index contributed by atoms with van der Waals surface area (Å²) in [6.07, 6.45) is -0.0460. The van der Waals surface area contributed by atoms with Gasteiger partial charge in [0, 0.05) is 18.9 Å². The Morgan fingerprint density at radius 1 is 1.04 bits per heavy atom. The van der Waals surface area contributed by atoms with Crippen molar-refractivity contribution in [3.63, 3.8) is 0 Å². The van der Waals surface area contributed by atoms with E-state index in [4.69, 9.17) is 15.2 Å². The van der Waals surface area contributed by atoms with Gasteiger partial charge in [-0.05, 0) is 48.0 Å². The quantitative estimate of drug-likeness (QED) is 0.797. The zero-order valence-electron chi connectivity index (χ0n) is 14.8. The van der Waals surface area contributed by atoms with Crippen molar-refractivity contribution < 1.29 is 23.9 Å². The van der Waals surface area contributed by atoms with E-state index in [0.717, 1.165) is 0 Å². The van der Waals surface area contributed by atoms with Gasteiger partial charge in [0.2, 0.25) is 5.91 Å². The van der Waals surface area contributed by atoms with Gasteiger partial charge in [0.25, 0.3) is 0 Å². The molecular formula is C16H28N2O5. The lowest BCUT2D eigenvalue weighted by Gasteiger charge is -2.31. The van der Waals surface area contributed by atoms with Gasteiger partial charge >= 0.3 is 12.1 Å². The van der Waals surface area contributed by atoms with E-state index >= 15 is 0 Å². The highest BCUT2D eigenvalue weighted by Gasteiger charge is 2.45. The van der Waals surface area contributed by atoms with Crippen molar-refractivity contribution in [3.05, 3.63) is 0 Å². The normalized spacial score (nSPS) is 21.9. The molecule has 1 heterocycles. The predicted octanol–water partition coefficient (Wildman–Crippen LogP) is 1.83. The summed E-state index contributed by atoms with van der Waals surface area (Å²) in [4.78, 5) is 37.5. The fraction of sp³-hybridized carbons (Fsp3) is 0.812. The second-order valence-electron chi connectivity index (χ2n) is 7.87. The van der Waals surface area contributed by atoms with Crippen LogP contribution in [0.25, 0.3) is 0 Å². The highest BCUT2D eigenvalue weighted by atomic mass is 16.6. The summed E-state index contributed by atoms with van der Waals surface area (Å²) >= 11 is 0. The lowest BCUT2D eigenvalue weighted by Crippen LogP contribution is -2.48. The summed E-state index contributed by atoms with van der Waals surface area (Å²) in [6.45, 7) is 10.8. The first kappa shape index (κ1) is 19.3. The summed E-state index contributed by atoms with van der Waals surface area (Å²) in [5.41, 5.74) is 3.91. The molecule has 0 spiro atoms. The van der Waals surface area contributed by atoms with Gasteiger partial charge in [-0.1, -0.05) is 0 Å². The maximum atomic E-state index is 12.5. The predicted molar refractivity (Wildman–Crippen MR) is 84.5 cm³/mol. The Morgan fingerprint density at radius 3 is 2.00 bits per heavy atom. The van der Waals surface area contributed by atoms with Crippen molar-refractivity contribution in [2.45, 2.75) is 71.6 Å². The number of amides is 2. The molecule has 0 aromatic heterocycles. The number of carbonyl (C=O) groups excluding carboxylic acids is 3. The Morgan fingerprint density at radius 2 is 1.57 bits per heavy atom. The third-order valence-corrected chi connectivity index (χ3v) is 3.26. The zero-order valence-corrected chi connectivity index (χ0v) is 14.8. The van der Waals surface area contributed by atoms with Crippen molar-refractivity contribution >= 4 is 18.0 Å². The van der Waals surface area contributed by atoms with E-state index in [1.54, 1.807) is 41.5 Å². The van der Waals surface area contributed by atoms with Crippen molar-refractivity contribution in [2.75, 3.05) is 6.54 Å². The van der Waals surface area contributed by atoms with Gasteiger partial charge in [-0.15, -0.1) is 0 Å². The monoisotopic (exact) mass is 328 g/mol. The summed E-state index contributed by atoms with van der Waals surface area (Å²) in [7, 11) is 0. The Bertz CT molecular complexity index is 476. The van der Waals surface area contributed by atoms with Gasteiger partial charge in [0.1, 0.15) is 17.2 Å². The third kappa shape index (κ3) is 6.08. The molecule has 0 unspecified atom stereocenters. The number of carbonyl (C=O) groups is 3. The van der Waals surface area contributed by atoms with Crippen molar-refractivity contribution in [3.8, 4) is 0 Å². The zero-order chi connectivity index (χ0) is 18.0. The summed E-state index contributed by atoms with van der Waals surface area (Å²) in [5.74, 6) is -1.39. The number of primary amides is 1. The molecule has 0 saturated carbocycles. The SMILES string of the molecule is CC(C)(C)OC(=O)[C@@H]1[C@H](CC(N)=O)CCN1C(=O)OC(C)(C)C. The van der Waals surface area contributed by atoms with Gasteiger partial charge < -0.3 is 15.2 Å². The number of ether oxygens (including phenoxy) is 2. The Hall–Kier alpha value is -1.79. The summed E-state index contributed by atoms with van der Waals surface area (Å²) in [5, 5.41) is 0. The van der Waals surface area contributed by atoms with Gasteiger partial charge in [-0.2, -0.15) is 0 Å². The van der Waals surface area contributed by atoms with Crippen LogP contribution in [0.1, 0.15) is 54.4 Å². The standard InChI is InChI=1S/C16H28N2O5/c1-15(2,3)22-13(20)12-10(9-11(17)19)7-8-18(12)14(21)23-16(4,5)6/h10,12H,7-9H2,1-6H3,(H2,17,19)/t10-,12-/m0/s1. The minimum absolute atomic E-state index is 0.0310. The minimum atomic E-state index is -0.850. The summed E-state index contributed by atoms with van der Waals surface area (Å²) in [6, 6.07) is -0.850. The number of nitrogens with two attached hydrogens (primary N) is 1. The molecule has 0 aromatic carbocycles. The van der Waals surface area contributed by atoms with E-state index in [2.05, 4.69) is 0 Å². The lowest BCUT2D eigenvalue weighted by atomic mass is 9.96. The van der Waals surface area contributed by atoms with Gasteiger partial charge in [-0.25, -0.2) is 9.59 Å². The molecule has 2 N–H and O–H groups in total. The molecule has 7 nitrogen and oxygen atoms in total. The topological polar surface area (TPSA) is 98.9 Å². The van der Waals surface area contributed by atoms with Crippen molar-refractivity contribution in [1.29, 1.82) is 0 Å². The maximum Gasteiger partial charge on any atom is 0.411 e. The van der Waals surface area contributed by atoms with Crippen LogP contribution in [0.15, 0.2) is 0 Å². The molecule has 23 heavy (non-hydrogen) atoms. The van der Waals surface area contributed by atoms with Crippen LogP contribution in [0.3, 0.4) is 0 Å². The van der Waals surface area contributed by atoms with Gasteiger partial charge in [0.15, 0.2) is 0 Å². The first-order valence-corrected chi connectivity index (χ1v) is 7.81. The second-order valence-corrected chi connectivity index (χ2v) is 7.87. The molecule has 2 amide bonds. The fourth-order valence-electron chi connectivity index (χ4n) is 2.54. The van der Waals surface area contributed by atoms with Crippen LogP contribution in [-0.4, -0.2) is 46.7 Å². The largest absolute Gasteiger partial charge is 0.458 e. The smallest absolute Gasteiger partial charge is 0.411 e. The molecule has 1 rings (SSSR count). The molecule has 2 atom stereocenters. The fourth-order valence-corrected chi connectivity index (χ4v) is 2.54. The van der Waals surface area contributed by atoms with Gasteiger partial charge in [0.05, 0.1) is 0 Å². The third-order valence-electron chi connectivity index (χ3n) is 3.26. The molecule has 0 radical (unpaired) electrons. The number of nitrogens with zero attached hydrogens (tertiary/aromatic N) is 1. The van der Waals surface area contributed by atoms with Crippen LogP contribution in [-0.2, 0) is 19.1 Å². The van der Waals surface area contributed by atoms with Crippen LogP contribution in [0, 0.1) is 5.92 Å². The maximum absolute atomic E-state index is 12.5. The number of esters is 1. The molecule has 1 fully saturated rings. The molecule has 0 aromatic rings. The summed E-state index contributed by atoms with van der Waals surface area (Å²) < 4.78 is 10.8. The second kappa shape index (κ2) is 6.76. The van der Waals surface area contributed by atoms with Gasteiger partial charge in [-0.3, -0.25) is 9.69 Å². The Balaban J connectivity index is 2.97. The molecular weight excluding hydrogens is 300 g/mol. The molecule has 0 bridgehead atoms. The Kier molecular flexibility index (Phi) is 5.66. The number of rotatable bonds is 3.